The number of benzene rings is 2. The van der Waals surface area contributed by atoms with E-state index in [9.17, 15) is 14.7 Å². The molecular formula is C15H10Cl3N3O3. The molecule has 0 aromatic heterocycles. The number of rotatable bonds is 3. The first-order chi connectivity index (χ1) is 11.4. The summed E-state index contributed by atoms with van der Waals surface area (Å²) >= 11 is 17.4. The minimum atomic E-state index is -0.984. The lowest BCUT2D eigenvalue weighted by Crippen LogP contribution is -2.32. The van der Waals surface area contributed by atoms with Gasteiger partial charge in [-0.2, -0.15) is 5.10 Å². The highest BCUT2D eigenvalue weighted by molar-refractivity contribution is 6.41. The van der Waals surface area contributed by atoms with Crippen molar-refractivity contribution in [1.82, 2.24) is 5.43 Å². The van der Waals surface area contributed by atoms with Gasteiger partial charge in [0, 0.05) is 0 Å². The lowest BCUT2D eigenvalue weighted by atomic mass is 10.2. The molecule has 0 bridgehead atoms. The zero-order valence-electron chi connectivity index (χ0n) is 11.9. The maximum atomic E-state index is 11.7. The number of amides is 2. The standard InChI is InChI=1S/C15H10Cl3N3O3/c16-9-3-1-2-4-12(9)20-14(23)15(24)21-19-7-8-5-10(17)13(22)11(18)6-8/h1-7,22H,(H,20,23)(H,21,24)/b19-7+. The summed E-state index contributed by atoms with van der Waals surface area (Å²) in [6, 6.07) is 9.26. The molecule has 0 radical (unpaired) electrons. The molecule has 2 rings (SSSR count). The van der Waals surface area contributed by atoms with Crippen molar-refractivity contribution in [1.29, 1.82) is 0 Å². The summed E-state index contributed by atoms with van der Waals surface area (Å²) in [5.74, 6) is -2.16. The number of hydrogen-bond donors (Lipinski definition) is 3. The van der Waals surface area contributed by atoms with Gasteiger partial charge in [0.2, 0.25) is 0 Å². The van der Waals surface area contributed by atoms with Crippen molar-refractivity contribution < 1.29 is 14.7 Å². The molecule has 0 saturated heterocycles. The highest BCUT2D eigenvalue weighted by Crippen LogP contribution is 2.32. The largest absolute Gasteiger partial charge is 0.505 e. The zero-order valence-corrected chi connectivity index (χ0v) is 14.2. The zero-order chi connectivity index (χ0) is 17.7. The SMILES string of the molecule is O=C(N/N=C/c1cc(Cl)c(O)c(Cl)c1)C(=O)Nc1ccccc1Cl. The number of phenolic OH excluding ortho intramolecular Hbond substituents is 1. The molecule has 9 heteroatoms. The topological polar surface area (TPSA) is 90.8 Å². The summed E-state index contributed by atoms with van der Waals surface area (Å²) in [6.45, 7) is 0. The van der Waals surface area contributed by atoms with Crippen LogP contribution in [-0.4, -0.2) is 23.1 Å². The number of para-hydroxylation sites is 1. The monoisotopic (exact) mass is 385 g/mol. The summed E-state index contributed by atoms with van der Waals surface area (Å²) in [5, 5.41) is 15.8. The Hall–Kier alpha value is -2.28. The maximum absolute atomic E-state index is 11.7. The average molecular weight is 387 g/mol. The van der Waals surface area contributed by atoms with Crippen LogP contribution < -0.4 is 10.7 Å². The molecule has 0 atom stereocenters. The molecule has 2 aromatic rings. The van der Waals surface area contributed by atoms with Gasteiger partial charge in [-0.25, -0.2) is 5.43 Å². The highest BCUT2D eigenvalue weighted by atomic mass is 35.5. The molecule has 2 amide bonds. The number of hydrogen-bond acceptors (Lipinski definition) is 4. The van der Waals surface area contributed by atoms with Gasteiger partial charge in [-0.15, -0.1) is 0 Å². The Morgan fingerprint density at radius 3 is 2.25 bits per heavy atom. The van der Waals surface area contributed by atoms with Gasteiger partial charge in [0.05, 0.1) is 27.0 Å². The Labute approximate surface area is 152 Å². The predicted molar refractivity (Wildman–Crippen MR) is 93.9 cm³/mol. The molecule has 0 heterocycles. The Morgan fingerprint density at radius 2 is 1.62 bits per heavy atom. The fourth-order valence-electron chi connectivity index (χ4n) is 1.62. The van der Waals surface area contributed by atoms with Crippen molar-refractivity contribution in [2.45, 2.75) is 0 Å². The quantitative estimate of drug-likeness (QED) is 0.429. The number of carbonyl (C=O) groups is 2. The van der Waals surface area contributed by atoms with Crippen molar-refractivity contribution in [3.63, 3.8) is 0 Å². The van der Waals surface area contributed by atoms with Gasteiger partial charge in [0.1, 0.15) is 0 Å². The van der Waals surface area contributed by atoms with Crippen LogP contribution in [0.15, 0.2) is 41.5 Å². The third-order valence-corrected chi connectivity index (χ3v) is 3.65. The molecule has 0 spiro atoms. The van der Waals surface area contributed by atoms with E-state index in [4.69, 9.17) is 34.8 Å². The van der Waals surface area contributed by atoms with Gasteiger partial charge in [0.25, 0.3) is 0 Å². The normalized spacial score (nSPS) is 10.6. The van der Waals surface area contributed by atoms with E-state index in [1.165, 1.54) is 18.3 Å². The first-order valence-electron chi connectivity index (χ1n) is 6.45. The molecule has 6 nitrogen and oxygen atoms in total. The average Bonchev–Trinajstić information content (AvgIpc) is 2.54. The van der Waals surface area contributed by atoms with Crippen LogP contribution in [0.3, 0.4) is 0 Å². The number of hydrazone groups is 1. The molecule has 2 aromatic carbocycles. The Balaban J connectivity index is 1.97. The smallest absolute Gasteiger partial charge is 0.329 e. The molecular weight excluding hydrogens is 377 g/mol. The summed E-state index contributed by atoms with van der Waals surface area (Å²) < 4.78 is 0. The molecule has 0 saturated carbocycles. The van der Waals surface area contributed by atoms with Crippen molar-refractivity contribution in [3.8, 4) is 5.75 Å². The van der Waals surface area contributed by atoms with Crippen LogP contribution in [0.5, 0.6) is 5.75 Å². The molecule has 0 aliphatic rings. The van der Waals surface area contributed by atoms with Crippen LogP contribution in [0.4, 0.5) is 5.69 Å². The number of phenols is 1. The van der Waals surface area contributed by atoms with E-state index in [-0.39, 0.29) is 15.8 Å². The molecule has 24 heavy (non-hydrogen) atoms. The lowest BCUT2D eigenvalue weighted by molar-refractivity contribution is -0.136. The van der Waals surface area contributed by atoms with Crippen LogP contribution in [-0.2, 0) is 9.59 Å². The molecule has 0 fully saturated rings. The summed E-state index contributed by atoms with van der Waals surface area (Å²) in [5.41, 5.74) is 2.78. The van der Waals surface area contributed by atoms with Gasteiger partial charge in [-0.1, -0.05) is 46.9 Å². The molecule has 0 aliphatic carbocycles. The summed E-state index contributed by atoms with van der Waals surface area (Å²) in [6.07, 6.45) is 1.22. The van der Waals surface area contributed by atoms with Crippen molar-refractivity contribution >= 4 is 58.5 Å². The van der Waals surface area contributed by atoms with E-state index in [1.807, 2.05) is 0 Å². The van der Waals surface area contributed by atoms with Crippen LogP contribution in [0.1, 0.15) is 5.56 Å². The van der Waals surface area contributed by atoms with Crippen molar-refractivity contribution in [2.24, 2.45) is 5.10 Å². The summed E-state index contributed by atoms with van der Waals surface area (Å²) in [4.78, 5) is 23.4. The predicted octanol–water partition coefficient (Wildman–Crippen LogP) is 3.44. The number of aromatic hydroxyl groups is 1. The van der Waals surface area contributed by atoms with E-state index in [0.29, 0.717) is 16.3 Å². The lowest BCUT2D eigenvalue weighted by Gasteiger charge is -2.05. The van der Waals surface area contributed by atoms with Crippen LogP contribution in [0, 0.1) is 0 Å². The second kappa shape index (κ2) is 8.01. The first kappa shape index (κ1) is 18.1. The van der Waals surface area contributed by atoms with Crippen molar-refractivity contribution in [2.75, 3.05) is 5.32 Å². The van der Waals surface area contributed by atoms with Crippen LogP contribution >= 0.6 is 34.8 Å². The van der Waals surface area contributed by atoms with E-state index >= 15 is 0 Å². The first-order valence-corrected chi connectivity index (χ1v) is 7.59. The van der Waals surface area contributed by atoms with Crippen LogP contribution in [0.25, 0.3) is 0 Å². The minimum absolute atomic E-state index is 0.0340. The Kier molecular flexibility index (Phi) is 6.03. The number of halogens is 3. The van der Waals surface area contributed by atoms with E-state index < -0.39 is 11.8 Å². The minimum Gasteiger partial charge on any atom is -0.505 e. The second-order valence-electron chi connectivity index (χ2n) is 4.47. The van der Waals surface area contributed by atoms with E-state index in [1.54, 1.807) is 24.3 Å². The molecule has 124 valence electrons. The maximum Gasteiger partial charge on any atom is 0.329 e. The van der Waals surface area contributed by atoms with Gasteiger partial charge in [-0.3, -0.25) is 9.59 Å². The molecule has 0 aliphatic heterocycles. The van der Waals surface area contributed by atoms with E-state index in [0.717, 1.165) is 0 Å². The fraction of sp³-hybridized carbons (Fsp3) is 0. The Bertz CT molecular complexity index is 802. The fourth-order valence-corrected chi connectivity index (χ4v) is 2.30. The van der Waals surface area contributed by atoms with Gasteiger partial charge in [-0.05, 0) is 29.8 Å². The third kappa shape index (κ3) is 4.61. The van der Waals surface area contributed by atoms with Crippen LogP contribution in [0.2, 0.25) is 15.1 Å². The number of anilines is 1. The third-order valence-electron chi connectivity index (χ3n) is 2.75. The Morgan fingerprint density at radius 1 is 1.00 bits per heavy atom. The molecule has 3 N–H and O–H groups in total. The van der Waals surface area contributed by atoms with Gasteiger partial charge >= 0.3 is 11.8 Å². The van der Waals surface area contributed by atoms with Crippen molar-refractivity contribution in [3.05, 3.63) is 57.0 Å². The summed E-state index contributed by atoms with van der Waals surface area (Å²) in [7, 11) is 0. The highest BCUT2D eigenvalue weighted by Gasteiger charge is 2.14. The van der Waals surface area contributed by atoms with Gasteiger partial charge < -0.3 is 10.4 Å². The van der Waals surface area contributed by atoms with E-state index in [2.05, 4.69) is 15.8 Å². The number of nitrogens with zero attached hydrogens (tertiary/aromatic N) is 1. The number of nitrogens with one attached hydrogen (secondary N) is 2. The second-order valence-corrected chi connectivity index (χ2v) is 5.69. The molecule has 0 unspecified atom stereocenters. The number of carbonyl (C=O) groups excluding carboxylic acids is 2. The van der Waals surface area contributed by atoms with Gasteiger partial charge in [0.15, 0.2) is 5.75 Å².